The minimum atomic E-state index is 0.234. The molecule has 2 unspecified atom stereocenters. The van der Waals surface area contributed by atoms with E-state index in [0.717, 1.165) is 32.0 Å². The Morgan fingerprint density at radius 2 is 2.71 bits per heavy atom. The minimum absolute atomic E-state index is 0.234. The van der Waals surface area contributed by atoms with Gasteiger partial charge in [-0.25, -0.2) is 4.98 Å². The summed E-state index contributed by atoms with van der Waals surface area (Å²) in [6.07, 6.45) is 2.70. The third kappa shape index (κ3) is 2.30. The van der Waals surface area contributed by atoms with Gasteiger partial charge in [0.15, 0.2) is 0 Å². The Kier molecular flexibility index (Phi) is 3.10. The number of aromatic nitrogens is 3. The smallest absolute Gasteiger partial charge is 0.141 e. The Balaban J connectivity index is 1.74. The van der Waals surface area contributed by atoms with Crippen molar-refractivity contribution in [2.45, 2.75) is 19.4 Å². The zero-order valence-electron chi connectivity index (χ0n) is 8.36. The van der Waals surface area contributed by atoms with Crippen molar-refractivity contribution in [1.82, 2.24) is 20.5 Å². The van der Waals surface area contributed by atoms with Gasteiger partial charge in [0.05, 0.1) is 12.6 Å². The topological polar surface area (TPSA) is 62.8 Å². The average Bonchev–Trinajstić information content (AvgIpc) is 2.87. The number of aromatic amines is 1. The lowest BCUT2D eigenvalue weighted by Crippen LogP contribution is -2.26. The molecule has 0 aliphatic carbocycles. The lowest BCUT2D eigenvalue weighted by atomic mass is 10.1. The van der Waals surface area contributed by atoms with Crippen LogP contribution in [0, 0.1) is 5.92 Å². The van der Waals surface area contributed by atoms with E-state index in [2.05, 4.69) is 27.4 Å². The van der Waals surface area contributed by atoms with Crippen molar-refractivity contribution in [3.63, 3.8) is 0 Å². The van der Waals surface area contributed by atoms with Crippen molar-refractivity contribution in [1.29, 1.82) is 0 Å². The zero-order valence-corrected chi connectivity index (χ0v) is 8.36. The highest BCUT2D eigenvalue weighted by Crippen LogP contribution is 2.12. The molecule has 1 aliphatic rings. The van der Waals surface area contributed by atoms with Crippen molar-refractivity contribution in [2.24, 2.45) is 5.92 Å². The fourth-order valence-corrected chi connectivity index (χ4v) is 1.61. The van der Waals surface area contributed by atoms with Gasteiger partial charge in [-0.15, -0.1) is 0 Å². The van der Waals surface area contributed by atoms with Crippen LogP contribution in [0.5, 0.6) is 0 Å². The van der Waals surface area contributed by atoms with E-state index >= 15 is 0 Å². The van der Waals surface area contributed by atoms with E-state index in [-0.39, 0.29) is 6.04 Å². The standard InChI is InChI=1S/C9H16N4O/c1-7(9-11-6-12-13-9)10-4-8-2-3-14-5-8/h6-8,10H,2-5H2,1H3,(H,11,12,13). The van der Waals surface area contributed by atoms with Gasteiger partial charge < -0.3 is 10.1 Å². The van der Waals surface area contributed by atoms with E-state index in [1.807, 2.05) is 0 Å². The van der Waals surface area contributed by atoms with Gasteiger partial charge in [-0.1, -0.05) is 0 Å². The van der Waals surface area contributed by atoms with E-state index < -0.39 is 0 Å². The molecule has 2 N–H and O–H groups in total. The van der Waals surface area contributed by atoms with E-state index in [1.54, 1.807) is 0 Å². The van der Waals surface area contributed by atoms with Gasteiger partial charge >= 0.3 is 0 Å². The largest absolute Gasteiger partial charge is 0.381 e. The number of nitrogens with zero attached hydrogens (tertiary/aromatic N) is 2. The second-order valence-corrected chi connectivity index (χ2v) is 3.73. The highest BCUT2D eigenvalue weighted by Gasteiger charge is 2.17. The highest BCUT2D eigenvalue weighted by molar-refractivity contribution is 4.88. The Hall–Kier alpha value is -0.940. The maximum absolute atomic E-state index is 5.30. The molecule has 5 nitrogen and oxygen atoms in total. The van der Waals surface area contributed by atoms with Gasteiger partial charge in [-0.2, -0.15) is 5.10 Å². The van der Waals surface area contributed by atoms with Crippen LogP contribution < -0.4 is 5.32 Å². The van der Waals surface area contributed by atoms with Gasteiger partial charge in [-0.3, -0.25) is 5.10 Å². The van der Waals surface area contributed by atoms with Crippen LogP contribution in [0.1, 0.15) is 25.2 Å². The van der Waals surface area contributed by atoms with E-state index in [9.17, 15) is 0 Å². The number of H-pyrrole nitrogens is 1. The molecular formula is C9H16N4O. The predicted molar refractivity (Wildman–Crippen MR) is 51.7 cm³/mol. The maximum atomic E-state index is 5.30. The second kappa shape index (κ2) is 4.52. The number of ether oxygens (including phenoxy) is 1. The van der Waals surface area contributed by atoms with Crippen LogP contribution >= 0.6 is 0 Å². The van der Waals surface area contributed by atoms with Gasteiger partial charge in [0, 0.05) is 13.2 Å². The van der Waals surface area contributed by atoms with Gasteiger partial charge in [0.2, 0.25) is 0 Å². The summed E-state index contributed by atoms with van der Waals surface area (Å²) in [5.41, 5.74) is 0. The van der Waals surface area contributed by atoms with Crippen LogP contribution in [0.2, 0.25) is 0 Å². The Labute approximate surface area is 83.3 Å². The van der Waals surface area contributed by atoms with Crippen LogP contribution in [-0.2, 0) is 4.74 Å². The third-order valence-corrected chi connectivity index (χ3v) is 2.58. The normalized spacial score (nSPS) is 23.9. The summed E-state index contributed by atoms with van der Waals surface area (Å²) in [6.45, 7) is 4.86. The molecule has 1 aliphatic heterocycles. The summed E-state index contributed by atoms with van der Waals surface area (Å²) < 4.78 is 5.30. The molecule has 2 atom stereocenters. The molecule has 14 heavy (non-hydrogen) atoms. The summed E-state index contributed by atoms with van der Waals surface area (Å²) in [7, 11) is 0. The van der Waals surface area contributed by atoms with Crippen LogP contribution in [0.25, 0.3) is 0 Å². The Morgan fingerprint density at radius 1 is 1.79 bits per heavy atom. The molecule has 78 valence electrons. The van der Waals surface area contributed by atoms with Crippen LogP contribution in [0.15, 0.2) is 6.33 Å². The summed E-state index contributed by atoms with van der Waals surface area (Å²) in [4.78, 5) is 4.10. The van der Waals surface area contributed by atoms with E-state index in [0.29, 0.717) is 5.92 Å². The molecule has 1 aromatic heterocycles. The minimum Gasteiger partial charge on any atom is -0.381 e. The molecule has 1 aromatic rings. The van der Waals surface area contributed by atoms with Crippen LogP contribution in [0.3, 0.4) is 0 Å². The van der Waals surface area contributed by atoms with Gasteiger partial charge in [0.1, 0.15) is 12.2 Å². The first-order chi connectivity index (χ1) is 6.86. The molecule has 0 radical (unpaired) electrons. The van der Waals surface area contributed by atoms with Crippen molar-refractivity contribution >= 4 is 0 Å². The monoisotopic (exact) mass is 196 g/mol. The summed E-state index contributed by atoms with van der Waals surface area (Å²) in [5, 5.41) is 10.1. The zero-order chi connectivity index (χ0) is 9.80. The SMILES string of the molecule is CC(NCC1CCOC1)c1ncn[nH]1. The van der Waals surface area contributed by atoms with E-state index in [1.165, 1.54) is 6.33 Å². The van der Waals surface area contributed by atoms with Crippen molar-refractivity contribution in [2.75, 3.05) is 19.8 Å². The molecule has 0 saturated carbocycles. The Bertz CT molecular complexity index is 256. The maximum Gasteiger partial charge on any atom is 0.141 e. The summed E-state index contributed by atoms with van der Waals surface area (Å²) >= 11 is 0. The second-order valence-electron chi connectivity index (χ2n) is 3.73. The number of nitrogens with one attached hydrogen (secondary N) is 2. The molecule has 0 spiro atoms. The molecule has 0 amide bonds. The number of hydrogen-bond donors (Lipinski definition) is 2. The molecule has 2 rings (SSSR count). The molecule has 5 heteroatoms. The molecule has 1 fully saturated rings. The number of rotatable bonds is 4. The highest BCUT2D eigenvalue weighted by atomic mass is 16.5. The van der Waals surface area contributed by atoms with Crippen molar-refractivity contribution < 1.29 is 4.74 Å². The quantitative estimate of drug-likeness (QED) is 0.735. The molecule has 1 saturated heterocycles. The number of hydrogen-bond acceptors (Lipinski definition) is 4. The summed E-state index contributed by atoms with van der Waals surface area (Å²) in [5.74, 6) is 1.55. The first kappa shape index (κ1) is 9.61. The Morgan fingerprint density at radius 3 is 3.36 bits per heavy atom. The third-order valence-electron chi connectivity index (χ3n) is 2.58. The van der Waals surface area contributed by atoms with Crippen LogP contribution in [-0.4, -0.2) is 34.9 Å². The first-order valence-corrected chi connectivity index (χ1v) is 5.02. The van der Waals surface area contributed by atoms with Crippen molar-refractivity contribution in [3.8, 4) is 0 Å². The molecule has 2 heterocycles. The van der Waals surface area contributed by atoms with Gasteiger partial charge in [-0.05, 0) is 19.3 Å². The van der Waals surface area contributed by atoms with Gasteiger partial charge in [0.25, 0.3) is 0 Å². The predicted octanol–water partition coefficient (Wildman–Crippen LogP) is 0.492. The fourth-order valence-electron chi connectivity index (χ4n) is 1.61. The molecule has 0 aromatic carbocycles. The first-order valence-electron chi connectivity index (χ1n) is 5.02. The summed E-state index contributed by atoms with van der Waals surface area (Å²) in [6, 6.07) is 0.234. The average molecular weight is 196 g/mol. The lowest BCUT2D eigenvalue weighted by Gasteiger charge is -2.13. The lowest BCUT2D eigenvalue weighted by molar-refractivity contribution is 0.184. The van der Waals surface area contributed by atoms with E-state index in [4.69, 9.17) is 4.74 Å². The molecule has 0 bridgehead atoms. The van der Waals surface area contributed by atoms with Crippen molar-refractivity contribution in [3.05, 3.63) is 12.2 Å². The van der Waals surface area contributed by atoms with Crippen LogP contribution in [0.4, 0.5) is 0 Å². The molecular weight excluding hydrogens is 180 g/mol. The fraction of sp³-hybridized carbons (Fsp3) is 0.778.